The van der Waals surface area contributed by atoms with Crippen molar-refractivity contribution < 1.29 is 14.3 Å². The molecule has 1 saturated heterocycles. The number of esters is 1. The Morgan fingerprint density at radius 2 is 1.83 bits per heavy atom. The van der Waals surface area contributed by atoms with Crippen LogP contribution in [0.2, 0.25) is 0 Å². The van der Waals surface area contributed by atoms with Crippen LogP contribution in [0.1, 0.15) is 36.6 Å². The number of nitrogens with zero attached hydrogens (tertiary/aromatic N) is 1. The van der Waals surface area contributed by atoms with E-state index in [-0.39, 0.29) is 11.7 Å². The molecule has 1 aromatic heterocycles. The number of piperidine rings is 1. The highest BCUT2D eigenvalue weighted by Gasteiger charge is 2.66. The molecule has 1 fully saturated rings. The van der Waals surface area contributed by atoms with Crippen molar-refractivity contribution >= 4 is 22.7 Å². The average Bonchev–Trinajstić information content (AvgIpc) is 3.15. The van der Waals surface area contributed by atoms with Crippen molar-refractivity contribution in [3.05, 3.63) is 71.4 Å². The molecule has 0 radical (unpaired) electrons. The summed E-state index contributed by atoms with van der Waals surface area (Å²) < 4.78 is 5.26. The van der Waals surface area contributed by atoms with E-state index in [1.165, 1.54) is 7.11 Å². The van der Waals surface area contributed by atoms with Gasteiger partial charge in [-0.1, -0.05) is 55.5 Å². The number of rotatable bonds is 3. The molecule has 1 aliphatic heterocycles. The second kappa shape index (κ2) is 6.54. The van der Waals surface area contributed by atoms with Gasteiger partial charge in [-0.2, -0.15) is 0 Å². The van der Waals surface area contributed by atoms with Crippen LogP contribution in [0.4, 0.5) is 0 Å². The monoisotopic (exact) mass is 402 g/mol. The molecule has 3 aromatic rings. The molecule has 1 aliphatic carbocycles. The first-order chi connectivity index (χ1) is 14.4. The highest BCUT2D eigenvalue weighted by Crippen LogP contribution is 2.56. The largest absolute Gasteiger partial charge is 0.468 e. The molecule has 0 unspecified atom stereocenters. The molecule has 30 heavy (non-hydrogen) atoms. The summed E-state index contributed by atoms with van der Waals surface area (Å²) in [5, 5.41) is 1.09. The fraction of sp³-hybridized carbons (Fsp3) is 0.360. The zero-order chi connectivity index (χ0) is 21.1. The Labute approximate surface area is 176 Å². The van der Waals surface area contributed by atoms with Crippen LogP contribution in [0.25, 0.3) is 10.9 Å². The molecule has 1 N–H and O–H groups in total. The minimum atomic E-state index is -1.21. The maximum Gasteiger partial charge on any atom is 0.321 e. The van der Waals surface area contributed by atoms with Crippen molar-refractivity contribution in [2.24, 2.45) is 5.41 Å². The zero-order valence-electron chi connectivity index (χ0n) is 17.6. The number of methoxy groups -OCH3 is 1. The van der Waals surface area contributed by atoms with E-state index < -0.39 is 16.8 Å². The van der Waals surface area contributed by atoms with Crippen molar-refractivity contribution in [1.29, 1.82) is 0 Å². The summed E-state index contributed by atoms with van der Waals surface area (Å²) in [6.45, 7) is 5.59. The summed E-state index contributed by atoms with van der Waals surface area (Å²) in [6, 6.07) is 18.3. The standard InChI is InChI=1S/C25H26N2O3/c1-16-20-18-11-7-8-12-19(18)26-21(20)24(2)14-27(13-17-9-5-4-6-10-17)15-25(16,22(24)28)23(29)30-3/h4-12,16,26H,13-15H2,1-3H3/t16-,24-,25-/m1/s1. The van der Waals surface area contributed by atoms with Gasteiger partial charge in [0.15, 0.2) is 5.78 Å². The van der Waals surface area contributed by atoms with E-state index in [9.17, 15) is 9.59 Å². The minimum Gasteiger partial charge on any atom is -0.468 e. The molecule has 154 valence electrons. The number of hydrogen-bond donors (Lipinski definition) is 1. The zero-order valence-corrected chi connectivity index (χ0v) is 17.6. The number of benzene rings is 2. The molecule has 3 atom stereocenters. The van der Waals surface area contributed by atoms with Gasteiger partial charge in [0, 0.05) is 42.1 Å². The lowest BCUT2D eigenvalue weighted by Crippen LogP contribution is -2.67. The number of nitrogens with one attached hydrogen (secondary N) is 1. The molecule has 0 spiro atoms. The van der Waals surface area contributed by atoms with E-state index in [4.69, 9.17) is 4.74 Å². The second-order valence-electron chi connectivity index (χ2n) is 8.94. The van der Waals surface area contributed by atoms with Gasteiger partial charge in [-0.05, 0) is 24.1 Å². The van der Waals surface area contributed by atoms with Crippen molar-refractivity contribution in [2.75, 3.05) is 20.2 Å². The summed E-state index contributed by atoms with van der Waals surface area (Å²) in [4.78, 5) is 33.0. The van der Waals surface area contributed by atoms with E-state index in [1.54, 1.807) is 0 Å². The third-order valence-corrected chi connectivity index (χ3v) is 7.19. The first-order valence-electron chi connectivity index (χ1n) is 10.4. The number of Topliss-reactive ketones (excluding diaryl/α,β-unsaturated/α-hetero) is 1. The molecule has 5 rings (SSSR count). The highest BCUT2D eigenvalue weighted by atomic mass is 16.5. The van der Waals surface area contributed by atoms with Gasteiger partial charge in [0.1, 0.15) is 5.41 Å². The summed E-state index contributed by atoms with van der Waals surface area (Å²) in [6.07, 6.45) is 0. The lowest BCUT2D eigenvalue weighted by atomic mass is 9.53. The number of ether oxygens (including phenoxy) is 1. The fourth-order valence-electron chi connectivity index (χ4n) is 5.78. The molecular formula is C25H26N2O3. The molecule has 0 saturated carbocycles. The van der Waals surface area contributed by atoms with Gasteiger partial charge in [0.25, 0.3) is 0 Å². The van der Waals surface area contributed by atoms with Crippen LogP contribution < -0.4 is 0 Å². The summed E-state index contributed by atoms with van der Waals surface area (Å²) in [5.41, 5.74) is 2.18. The number of hydrogen-bond acceptors (Lipinski definition) is 4. The number of aromatic amines is 1. The molecule has 2 heterocycles. The van der Waals surface area contributed by atoms with E-state index in [1.807, 2.05) is 50.2 Å². The summed E-state index contributed by atoms with van der Waals surface area (Å²) >= 11 is 0. The average molecular weight is 402 g/mol. The molecule has 5 heteroatoms. The van der Waals surface area contributed by atoms with E-state index in [0.717, 1.165) is 27.7 Å². The lowest BCUT2D eigenvalue weighted by Gasteiger charge is -2.54. The van der Waals surface area contributed by atoms with Gasteiger partial charge in [-0.25, -0.2) is 0 Å². The quantitative estimate of drug-likeness (QED) is 0.535. The Kier molecular flexibility index (Phi) is 4.16. The number of aromatic nitrogens is 1. The maximum absolute atomic E-state index is 14.0. The Morgan fingerprint density at radius 3 is 2.57 bits per heavy atom. The van der Waals surface area contributed by atoms with Crippen LogP contribution in [0.15, 0.2) is 54.6 Å². The number of H-pyrrole nitrogens is 1. The van der Waals surface area contributed by atoms with Crippen molar-refractivity contribution in [1.82, 2.24) is 9.88 Å². The molecule has 2 aromatic carbocycles. The topological polar surface area (TPSA) is 62.4 Å². The predicted molar refractivity (Wildman–Crippen MR) is 115 cm³/mol. The van der Waals surface area contributed by atoms with Crippen molar-refractivity contribution in [3.8, 4) is 0 Å². The van der Waals surface area contributed by atoms with Crippen LogP contribution in [0, 0.1) is 5.41 Å². The Hall–Kier alpha value is -2.92. The van der Waals surface area contributed by atoms with Crippen LogP contribution in [-0.4, -0.2) is 41.8 Å². The van der Waals surface area contributed by atoms with Crippen LogP contribution in [-0.2, 0) is 26.3 Å². The van der Waals surface area contributed by atoms with E-state index >= 15 is 0 Å². The number of carbonyl (C=O) groups is 2. The number of para-hydroxylation sites is 1. The fourth-order valence-corrected chi connectivity index (χ4v) is 5.78. The van der Waals surface area contributed by atoms with Gasteiger partial charge in [-0.15, -0.1) is 0 Å². The van der Waals surface area contributed by atoms with Gasteiger partial charge in [-0.3, -0.25) is 14.5 Å². The molecule has 2 bridgehead atoms. The SMILES string of the molecule is COC(=O)[C@@]12CN(Cc3ccccc3)C[C@@](C)(C1=O)c1[nH]c3ccccc3c1[C@H]2C. The minimum absolute atomic E-state index is 0.0299. The lowest BCUT2D eigenvalue weighted by molar-refractivity contribution is -0.169. The number of fused-ring (bicyclic) bond motifs is 6. The number of likely N-dealkylation sites (tertiary alicyclic amines) is 1. The van der Waals surface area contributed by atoms with Crippen molar-refractivity contribution in [3.63, 3.8) is 0 Å². The summed E-state index contributed by atoms with van der Waals surface area (Å²) in [7, 11) is 1.38. The number of ketones is 1. The smallest absolute Gasteiger partial charge is 0.321 e. The highest BCUT2D eigenvalue weighted by molar-refractivity contribution is 6.13. The van der Waals surface area contributed by atoms with Gasteiger partial charge < -0.3 is 9.72 Å². The molecule has 2 aliphatic rings. The second-order valence-corrected chi connectivity index (χ2v) is 8.94. The normalized spacial score (nSPS) is 28.4. The number of carbonyl (C=O) groups excluding carboxylic acids is 2. The maximum atomic E-state index is 14.0. The first-order valence-corrected chi connectivity index (χ1v) is 10.4. The van der Waals surface area contributed by atoms with Gasteiger partial charge >= 0.3 is 5.97 Å². The Bertz CT molecular complexity index is 1150. The third-order valence-electron chi connectivity index (χ3n) is 7.19. The molecular weight excluding hydrogens is 376 g/mol. The van der Waals surface area contributed by atoms with Crippen molar-refractivity contribution in [2.45, 2.75) is 31.7 Å². The Morgan fingerprint density at radius 1 is 1.13 bits per heavy atom. The molecule has 5 nitrogen and oxygen atoms in total. The first kappa shape index (κ1) is 19.1. The molecule has 0 amide bonds. The van der Waals surface area contributed by atoms with E-state index in [2.05, 4.69) is 28.1 Å². The van der Waals surface area contributed by atoms with Crippen LogP contribution in [0.5, 0.6) is 0 Å². The third kappa shape index (κ3) is 2.39. The van der Waals surface area contributed by atoms with E-state index in [0.29, 0.717) is 19.6 Å². The Balaban J connectivity index is 1.71. The predicted octanol–water partition coefficient (Wildman–Crippen LogP) is 3.79. The van der Waals surface area contributed by atoms with Crippen LogP contribution in [0.3, 0.4) is 0 Å². The van der Waals surface area contributed by atoms with Gasteiger partial charge in [0.2, 0.25) is 0 Å². The van der Waals surface area contributed by atoms with Crippen LogP contribution >= 0.6 is 0 Å². The summed E-state index contributed by atoms with van der Waals surface area (Å²) in [5.74, 6) is -0.743. The van der Waals surface area contributed by atoms with Gasteiger partial charge in [0.05, 0.1) is 12.5 Å².